The molecule has 0 amide bonds. The van der Waals surface area contributed by atoms with E-state index >= 15 is 0 Å². The van der Waals surface area contributed by atoms with Crippen molar-refractivity contribution in [3.8, 4) is 0 Å². The maximum Gasteiger partial charge on any atom is 0.337 e. The van der Waals surface area contributed by atoms with E-state index in [1.54, 1.807) is 17.8 Å². The molecule has 3 rings (SSSR count). The number of rotatable bonds is 4. The van der Waals surface area contributed by atoms with Gasteiger partial charge in [0.2, 0.25) is 0 Å². The molecule has 0 saturated carbocycles. The van der Waals surface area contributed by atoms with Gasteiger partial charge in [0, 0.05) is 11.1 Å². The standard InChI is InChI=1S/C14H11N3O2S/c18-14(19)9-6-11-13(15-7-9)17-12(16-11)8-20-10-4-2-1-3-5-10/h1-7H,8H2,(H,18,19)(H,15,16,17). The Balaban J connectivity index is 1.80. The van der Waals surface area contributed by atoms with Crippen molar-refractivity contribution in [2.75, 3.05) is 0 Å². The first-order valence-corrected chi connectivity index (χ1v) is 6.97. The zero-order valence-corrected chi connectivity index (χ0v) is 11.2. The number of aromatic carboxylic acids is 1. The van der Waals surface area contributed by atoms with E-state index in [0.717, 1.165) is 10.7 Å². The number of thioether (sulfide) groups is 1. The van der Waals surface area contributed by atoms with Crippen molar-refractivity contribution in [3.05, 3.63) is 54.0 Å². The Hall–Kier alpha value is -2.34. The minimum absolute atomic E-state index is 0.156. The smallest absolute Gasteiger partial charge is 0.337 e. The molecular weight excluding hydrogens is 274 g/mol. The minimum atomic E-state index is -0.991. The van der Waals surface area contributed by atoms with Gasteiger partial charge in [0.1, 0.15) is 5.82 Å². The van der Waals surface area contributed by atoms with Gasteiger partial charge in [0.25, 0.3) is 0 Å². The van der Waals surface area contributed by atoms with Crippen molar-refractivity contribution >= 4 is 28.9 Å². The summed E-state index contributed by atoms with van der Waals surface area (Å²) < 4.78 is 0. The molecule has 1 aromatic carbocycles. The molecule has 0 spiro atoms. The number of aromatic nitrogens is 3. The molecule has 0 fully saturated rings. The number of hydrogen-bond donors (Lipinski definition) is 2. The van der Waals surface area contributed by atoms with Crippen LogP contribution in [0.15, 0.2) is 47.5 Å². The average Bonchev–Trinajstić information content (AvgIpc) is 2.88. The van der Waals surface area contributed by atoms with Crippen LogP contribution in [-0.2, 0) is 5.75 Å². The molecular formula is C14H11N3O2S. The SMILES string of the molecule is O=C(O)c1cnc2nc(CSc3ccccc3)[nH]c2c1. The number of carboxylic acids is 1. The second kappa shape index (κ2) is 5.34. The lowest BCUT2D eigenvalue weighted by Crippen LogP contribution is -1.96. The summed E-state index contributed by atoms with van der Waals surface area (Å²) in [6, 6.07) is 11.6. The van der Waals surface area contributed by atoms with Gasteiger partial charge >= 0.3 is 5.97 Å². The van der Waals surface area contributed by atoms with Crippen LogP contribution in [0.2, 0.25) is 0 Å². The fourth-order valence-corrected chi connectivity index (χ4v) is 2.59. The molecule has 2 heterocycles. The number of imidazole rings is 1. The lowest BCUT2D eigenvalue weighted by atomic mass is 10.3. The molecule has 3 aromatic rings. The number of nitrogens with zero attached hydrogens (tertiary/aromatic N) is 2. The third-order valence-corrected chi connectivity index (χ3v) is 3.78. The fraction of sp³-hybridized carbons (Fsp3) is 0.0714. The van der Waals surface area contributed by atoms with Gasteiger partial charge in [-0.25, -0.2) is 14.8 Å². The number of carbonyl (C=O) groups is 1. The molecule has 100 valence electrons. The third kappa shape index (κ3) is 2.65. The molecule has 0 aliphatic rings. The van der Waals surface area contributed by atoms with Gasteiger partial charge in [0.05, 0.1) is 16.8 Å². The maximum atomic E-state index is 10.9. The largest absolute Gasteiger partial charge is 0.478 e. The fourth-order valence-electron chi connectivity index (χ4n) is 1.80. The summed E-state index contributed by atoms with van der Waals surface area (Å²) in [4.78, 5) is 23.5. The summed E-state index contributed by atoms with van der Waals surface area (Å²) >= 11 is 1.66. The molecule has 0 unspecified atom stereocenters. The van der Waals surface area contributed by atoms with Gasteiger partial charge in [0.15, 0.2) is 5.65 Å². The topological polar surface area (TPSA) is 78.9 Å². The third-order valence-electron chi connectivity index (χ3n) is 2.75. The molecule has 0 aliphatic carbocycles. The minimum Gasteiger partial charge on any atom is -0.478 e. The first kappa shape index (κ1) is 12.7. The van der Waals surface area contributed by atoms with Gasteiger partial charge in [-0.2, -0.15) is 0 Å². The van der Waals surface area contributed by atoms with Crippen LogP contribution in [0.3, 0.4) is 0 Å². The van der Waals surface area contributed by atoms with Crippen LogP contribution in [0.5, 0.6) is 0 Å². The average molecular weight is 285 g/mol. The number of hydrogen-bond acceptors (Lipinski definition) is 4. The number of nitrogens with one attached hydrogen (secondary N) is 1. The second-order valence-electron chi connectivity index (χ2n) is 4.19. The monoisotopic (exact) mass is 285 g/mol. The van der Waals surface area contributed by atoms with Gasteiger partial charge in [-0.05, 0) is 18.2 Å². The Labute approximate surface area is 119 Å². The van der Waals surface area contributed by atoms with E-state index in [2.05, 4.69) is 15.0 Å². The molecule has 6 heteroatoms. The van der Waals surface area contributed by atoms with Crippen LogP contribution in [-0.4, -0.2) is 26.0 Å². The first-order chi connectivity index (χ1) is 9.72. The Morgan fingerprint density at radius 2 is 2.10 bits per heavy atom. The van der Waals surface area contributed by atoms with E-state index in [9.17, 15) is 4.79 Å². The highest BCUT2D eigenvalue weighted by Gasteiger charge is 2.09. The number of pyridine rings is 1. The van der Waals surface area contributed by atoms with Crippen molar-refractivity contribution in [1.82, 2.24) is 15.0 Å². The van der Waals surface area contributed by atoms with E-state index in [0.29, 0.717) is 16.9 Å². The summed E-state index contributed by atoms with van der Waals surface area (Å²) in [5, 5.41) is 8.92. The highest BCUT2D eigenvalue weighted by Crippen LogP contribution is 2.22. The molecule has 2 N–H and O–H groups in total. The van der Waals surface area contributed by atoms with Gasteiger partial charge < -0.3 is 10.1 Å². The Morgan fingerprint density at radius 1 is 1.30 bits per heavy atom. The van der Waals surface area contributed by atoms with Crippen molar-refractivity contribution in [2.45, 2.75) is 10.6 Å². The van der Waals surface area contributed by atoms with E-state index in [4.69, 9.17) is 5.11 Å². The van der Waals surface area contributed by atoms with E-state index in [-0.39, 0.29) is 5.56 Å². The van der Waals surface area contributed by atoms with E-state index < -0.39 is 5.97 Å². The lowest BCUT2D eigenvalue weighted by Gasteiger charge is -1.97. The number of benzene rings is 1. The highest BCUT2D eigenvalue weighted by molar-refractivity contribution is 7.98. The van der Waals surface area contributed by atoms with Crippen LogP contribution < -0.4 is 0 Å². The summed E-state index contributed by atoms with van der Waals surface area (Å²) in [6.45, 7) is 0. The first-order valence-electron chi connectivity index (χ1n) is 5.98. The van der Waals surface area contributed by atoms with Gasteiger partial charge in [-0.3, -0.25) is 0 Å². The van der Waals surface area contributed by atoms with Gasteiger partial charge in [-0.1, -0.05) is 18.2 Å². The zero-order valence-electron chi connectivity index (χ0n) is 10.4. The summed E-state index contributed by atoms with van der Waals surface area (Å²) in [6.07, 6.45) is 1.32. The molecule has 0 bridgehead atoms. The van der Waals surface area contributed by atoms with Crippen molar-refractivity contribution in [3.63, 3.8) is 0 Å². The van der Waals surface area contributed by atoms with Gasteiger partial charge in [-0.15, -0.1) is 11.8 Å². The Morgan fingerprint density at radius 3 is 2.85 bits per heavy atom. The van der Waals surface area contributed by atoms with Crippen molar-refractivity contribution in [2.24, 2.45) is 0 Å². The maximum absolute atomic E-state index is 10.9. The number of carboxylic acid groups (broad SMARTS) is 1. The molecule has 0 radical (unpaired) electrons. The molecule has 0 aliphatic heterocycles. The van der Waals surface area contributed by atoms with E-state index in [1.807, 2.05) is 30.3 Å². The number of fused-ring (bicyclic) bond motifs is 1. The number of aromatic amines is 1. The predicted molar refractivity (Wildman–Crippen MR) is 76.9 cm³/mol. The molecule has 2 aromatic heterocycles. The van der Waals surface area contributed by atoms with Crippen LogP contribution in [0.1, 0.15) is 16.2 Å². The Bertz CT molecular complexity index is 755. The van der Waals surface area contributed by atoms with Crippen molar-refractivity contribution in [1.29, 1.82) is 0 Å². The quantitative estimate of drug-likeness (QED) is 0.720. The van der Waals surface area contributed by atoms with Crippen LogP contribution in [0, 0.1) is 0 Å². The summed E-state index contributed by atoms with van der Waals surface area (Å²) in [5.74, 6) is 0.473. The second-order valence-corrected chi connectivity index (χ2v) is 5.23. The molecule has 0 saturated heterocycles. The van der Waals surface area contributed by atoms with Crippen LogP contribution in [0.4, 0.5) is 0 Å². The van der Waals surface area contributed by atoms with Crippen LogP contribution >= 0.6 is 11.8 Å². The van der Waals surface area contributed by atoms with Crippen molar-refractivity contribution < 1.29 is 9.90 Å². The normalized spacial score (nSPS) is 10.8. The summed E-state index contributed by atoms with van der Waals surface area (Å²) in [5.41, 5.74) is 1.34. The highest BCUT2D eigenvalue weighted by atomic mass is 32.2. The lowest BCUT2D eigenvalue weighted by molar-refractivity contribution is 0.0696. The van der Waals surface area contributed by atoms with E-state index in [1.165, 1.54) is 6.20 Å². The molecule has 5 nitrogen and oxygen atoms in total. The summed E-state index contributed by atoms with van der Waals surface area (Å²) in [7, 11) is 0. The zero-order chi connectivity index (χ0) is 13.9. The Kier molecular flexibility index (Phi) is 3.39. The number of H-pyrrole nitrogens is 1. The molecule has 0 atom stereocenters. The predicted octanol–water partition coefficient (Wildman–Crippen LogP) is 2.95. The van der Waals surface area contributed by atoms with Crippen LogP contribution in [0.25, 0.3) is 11.2 Å². The molecule has 20 heavy (non-hydrogen) atoms.